The number of benzene rings is 5. The molecule has 0 saturated carbocycles. The quantitative estimate of drug-likeness (QED) is 0.152. The zero-order valence-corrected chi connectivity index (χ0v) is 27.1. The number of fused-ring (bicyclic) bond motifs is 3. The van der Waals surface area contributed by atoms with Crippen LogP contribution in [0.3, 0.4) is 0 Å². The number of hydrogen-bond donors (Lipinski definition) is 4. The van der Waals surface area contributed by atoms with Crippen LogP contribution in [-0.4, -0.2) is 71.8 Å². The van der Waals surface area contributed by atoms with Crippen molar-refractivity contribution in [3.8, 4) is 5.75 Å². The number of aliphatic hydroxyl groups excluding tert-OH is 1. The number of aliphatic hydroxyl groups is 1. The summed E-state index contributed by atoms with van der Waals surface area (Å²) in [6.07, 6.45) is -0.572. The molecule has 5 aromatic carbocycles. The molecule has 6 rings (SSSR count). The summed E-state index contributed by atoms with van der Waals surface area (Å²) in [5.74, 6) is -0.372. The van der Waals surface area contributed by atoms with Crippen LogP contribution in [0.5, 0.6) is 5.75 Å². The van der Waals surface area contributed by atoms with Gasteiger partial charge in [-0.05, 0) is 42.0 Å². The first-order valence-electron chi connectivity index (χ1n) is 16.0. The molecular weight excluding hydrogens is 606 g/mol. The van der Waals surface area contributed by atoms with Crippen molar-refractivity contribution in [3.63, 3.8) is 0 Å². The monoisotopic (exact) mass is 645 g/mol. The van der Waals surface area contributed by atoms with Crippen molar-refractivity contribution in [2.45, 2.75) is 26.0 Å². The summed E-state index contributed by atoms with van der Waals surface area (Å²) in [7, 11) is 1.69. The van der Waals surface area contributed by atoms with E-state index in [0.29, 0.717) is 23.6 Å². The van der Waals surface area contributed by atoms with Gasteiger partial charge in [0.2, 0.25) is 0 Å². The Bertz CT molecular complexity index is 1970. The first kappa shape index (κ1) is 32.3. The van der Waals surface area contributed by atoms with E-state index in [-0.39, 0.29) is 42.3 Å². The number of anilines is 3. The summed E-state index contributed by atoms with van der Waals surface area (Å²) in [6.45, 7) is 3.98. The third kappa shape index (κ3) is 6.74. The smallest absolute Gasteiger partial charge is 0.323 e. The highest BCUT2D eigenvalue weighted by molar-refractivity contribution is 6.08. The molecule has 0 saturated heterocycles. The van der Waals surface area contributed by atoms with Crippen molar-refractivity contribution >= 4 is 56.6 Å². The second-order valence-corrected chi connectivity index (χ2v) is 12.2. The van der Waals surface area contributed by atoms with E-state index in [9.17, 15) is 19.5 Å². The Morgan fingerprint density at radius 3 is 2.02 bits per heavy atom. The molecule has 0 spiro atoms. The van der Waals surface area contributed by atoms with Gasteiger partial charge in [-0.3, -0.25) is 4.79 Å². The molecule has 0 radical (unpaired) electrons. The molecule has 5 amide bonds. The number of rotatable bonds is 7. The molecule has 1 aliphatic rings. The van der Waals surface area contributed by atoms with Crippen LogP contribution >= 0.6 is 0 Å². The van der Waals surface area contributed by atoms with Gasteiger partial charge in [0.15, 0.2) is 5.75 Å². The van der Waals surface area contributed by atoms with Crippen molar-refractivity contribution < 1.29 is 24.2 Å². The Morgan fingerprint density at radius 2 is 1.38 bits per heavy atom. The van der Waals surface area contributed by atoms with Crippen LogP contribution in [0.1, 0.15) is 24.2 Å². The summed E-state index contributed by atoms with van der Waals surface area (Å²) < 4.78 is 6.60. The number of para-hydroxylation sites is 1. The number of carbonyl (C=O) groups excluding carboxylic acids is 3. The molecule has 10 nitrogen and oxygen atoms in total. The van der Waals surface area contributed by atoms with E-state index < -0.39 is 18.2 Å². The summed E-state index contributed by atoms with van der Waals surface area (Å²) in [5.41, 5.74) is 1.88. The minimum Gasteiger partial charge on any atom is -0.485 e. The number of nitrogens with one attached hydrogen (secondary N) is 3. The molecule has 0 aliphatic carbocycles. The average molecular weight is 646 g/mol. The zero-order chi connectivity index (χ0) is 33.8. The van der Waals surface area contributed by atoms with Crippen molar-refractivity contribution in [2.75, 3.05) is 42.7 Å². The molecule has 0 unspecified atom stereocenters. The Morgan fingerprint density at radius 1 is 0.833 bits per heavy atom. The summed E-state index contributed by atoms with van der Waals surface area (Å²) >= 11 is 0. The van der Waals surface area contributed by atoms with Gasteiger partial charge in [-0.25, -0.2) is 9.59 Å². The highest BCUT2D eigenvalue weighted by Gasteiger charge is 2.35. The Balaban J connectivity index is 1.27. The first-order valence-corrected chi connectivity index (χ1v) is 16.0. The van der Waals surface area contributed by atoms with Gasteiger partial charge in [0.1, 0.15) is 6.10 Å². The largest absolute Gasteiger partial charge is 0.485 e. The molecule has 0 fully saturated rings. The fourth-order valence-electron chi connectivity index (χ4n) is 6.07. The Hall–Kier alpha value is -5.61. The molecule has 10 heteroatoms. The number of ether oxygens (including phenoxy) is 1. The van der Waals surface area contributed by atoms with Crippen LogP contribution in [0, 0.1) is 5.92 Å². The lowest BCUT2D eigenvalue weighted by molar-refractivity contribution is 0.0373. The summed E-state index contributed by atoms with van der Waals surface area (Å²) in [6, 6.07) is 30.7. The van der Waals surface area contributed by atoms with Crippen LogP contribution in [0.2, 0.25) is 0 Å². The number of hydrogen-bond acceptors (Lipinski definition) is 5. The maximum absolute atomic E-state index is 13.9. The van der Waals surface area contributed by atoms with Crippen LogP contribution in [0.4, 0.5) is 26.7 Å². The van der Waals surface area contributed by atoms with Crippen LogP contribution in [0.15, 0.2) is 103 Å². The molecule has 5 aromatic rings. The maximum atomic E-state index is 13.9. The van der Waals surface area contributed by atoms with Gasteiger partial charge in [0.05, 0.1) is 41.8 Å². The molecular formula is C38H39N5O5. The minimum atomic E-state index is -0.572. The van der Waals surface area contributed by atoms with Gasteiger partial charge in [-0.2, -0.15) is 0 Å². The Kier molecular flexibility index (Phi) is 9.45. The predicted octanol–water partition coefficient (Wildman–Crippen LogP) is 7.02. The normalized spacial score (nSPS) is 16.7. The second-order valence-electron chi connectivity index (χ2n) is 12.2. The van der Waals surface area contributed by atoms with Crippen LogP contribution in [-0.2, 0) is 0 Å². The van der Waals surface area contributed by atoms with Gasteiger partial charge < -0.3 is 35.6 Å². The van der Waals surface area contributed by atoms with E-state index in [2.05, 4.69) is 16.0 Å². The second kappa shape index (κ2) is 14.0. The molecule has 0 aromatic heterocycles. The van der Waals surface area contributed by atoms with E-state index in [0.717, 1.165) is 21.5 Å². The lowest BCUT2D eigenvalue weighted by atomic mass is 9.99. The van der Waals surface area contributed by atoms with Crippen molar-refractivity contribution in [1.82, 2.24) is 9.80 Å². The van der Waals surface area contributed by atoms with Gasteiger partial charge in [-0.15, -0.1) is 0 Å². The first-order chi connectivity index (χ1) is 23.2. The van der Waals surface area contributed by atoms with Gasteiger partial charge in [-0.1, -0.05) is 85.8 Å². The molecule has 1 aliphatic heterocycles. The average Bonchev–Trinajstić information content (AvgIpc) is 3.10. The molecule has 1 heterocycles. The standard InChI is InChI=1S/C38H39N5O5/c1-24-21-43(25(2)23-44)36(45)30-17-10-20-33(40-37(46)39-31-18-8-13-26-11-4-6-15-28(26)31)35(30)48-34(24)22-42(3)38(47)41-32-19-9-14-27-12-5-7-16-29(27)32/h4-20,24-25,34,44H,21-23H2,1-3H3,(H,41,47)(H2,39,40,46)/t24-,25-,34-/m1/s1. The van der Waals surface area contributed by atoms with E-state index in [4.69, 9.17) is 4.74 Å². The van der Waals surface area contributed by atoms with Gasteiger partial charge in [0.25, 0.3) is 5.91 Å². The molecule has 3 atom stereocenters. The lowest BCUT2D eigenvalue weighted by Crippen LogP contribution is -2.50. The van der Waals surface area contributed by atoms with Gasteiger partial charge >= 0.3 is 12.1 Å². The van der Waals surface area contributed by atoms with E-state index in [1.54, 1.807) is 42.0 Å². The van der Waals surface area contributed by atoms with Crippen molar-refractivity contribution in [1.29, 1.82) is 0 Å². The summed E-state index contributed by atoms with van der Waals surface area (Å²) in [4.78, 5) is 43.9. The van der Waals surface area contributed by atoms with Crippen molar-refractivity contribution in [2.24, 2.45) is 5.92 Å². The van der Waals surface area contributed by atoms with Crippen molar-refractivity contribution in [3.05, 3.63) is 109 Å². The molecule has 0 bridgehead atoms. The number of amides is 5. The fraction of sp³-hybridized carbons (Fsp3) is 0.237. The zero-order valence-electron chi connectivity index (χ0n) is 27.1. The maximum Gasteiger partial charge on any atom is 0.323 e. The third-order valence-electron chi connectivity index (χ3n) is 8.81. The fourth-order valence-corrected chi connectivity index (χ4v) is 6.07. The topological polar surface area (TPSA) is 123 Å². The molecule has 246 valence electrons. The number of carbonyl (C=O) groups is 3. The van der Waals surface area contributed by atoms with Gasteiger partial charge in [0, 0.05) is 30.3 Å². The predicted molar refractivity (Wildman–Crippen MR) is 190 cm³/mol. The SMILES string of the molecule is C[C@@H]1CN([C@H](C)CO)C(=O)c2cccc(NC(=O)Nc3cccc4ccccc34)c2O[C@@H]1CN(C)C(=O)Nc1cccc2ccccc12. The molecule has 4 N–H and O–H groups in total. The Labute approximate surface area is 279 Å². The number of likely N-dealkylation sites (N-methyl/N-ethyl adjacent to an activating group) is 1. The number of urea groups is 2. The summed E-state index contributed by atoms with van der Waals surface area (Å²) in [5, 5.41) is 22.7. The van der Waals surface area contributed by atoms with Crippen LogP contribution in [0.25, 0.3) is 21.5 Å². The minimum absolute atomic E-state index is 0.184. The highest BCUT2D eigenvalue weighted by Crippen LogP contribution is 2.35. The van der Waals surface area contributed by atoms with E-state index in [1.807, 2.05) is 91.9 Å². The van der Waals surface area contributed by atoms with E-state index >= 15 is 0 Å². The lowest BCUT2D eigenvalue weighted by Gasteiger charge is -2.38. The van der Waals surface area contributed by atoms with Crippen LogP contribution < -0.4 is 20.7 Å². The van der Waals surface area contributed by atoms with E-state index in [1.165, 1.54) is 0 Å². The third-order valence-corrected chi connectivity index (χ3v) is 8.81. The molecule has 48 heavy (non-hydrogen) atoms. The number of nitrogens with zero attached hydrogens (tertiary/aromatic N) is 2. The highest BCUT2D eigenvalue weighted by atomic mass is 16.5.